The van der Waals surface area contributed by atoms with Gasteiger partial charge in [0.1, 0.15) is 12.2 Å². The van der Waals surface area contributed by atoms with Crippen molar-refractivity contribution in [3.8, 4) is 0 Å². The van der Waals surface area contributed by atoms with Gasteiger partial charge in [0, 0.05) is 4.88 Å². The lowest BCUT2D eigenvalue weighted by Gasteiger charge is -2.47. The average molecular weight is 297 g/mol. The Kier molecular flexibility index (Phi) is 4.15. The summed E-state index contributed by atoms with van der Waals surface area (Å²) in [5, 5.41) is 8.61. The van der Waals surface area contributed by atoms with Gasteiger partial charge in [0.2, 0.25) is 0 Å². The second kappa shape index (κ2) is 5.54. The van der Waals surface area contributed by atoms with Crippen LogP contribution in [0.1, 0.15) is 34.0 Å². The lowest BCUT2D eigenvalue weighted by molar-refractivity contribution is -0.159. The van der Waals surface area contributed by atoms with Gasteiger partial charge in [0.15, 0.2) is 0 Å². The molecule has 0 aliphatic carbocycles. The molecule has 1 amide bonds. The van der Waals surface area contributed by atoms with Gasteiger partial charge in [-0.05, 0) is 31.9 Å². The van der Waals surface area contributed by atoms with Crippen LogP contribution in [0, 0.1) is 6.92 Å². The van der Waals surface area contributed by atoms with Crippen LogP contribution in [0.2, 0.25) is 0 Å². The third kappa shape index (κ3) is 3.02. The predicted molar refractivity (Wildman–Crippen MR) is 76.3 cm³/mol. The summed E-state index contributed by atoms with van der Waals surface area (Å²) < 4.78 is 5.30. The molecular formula is C14H19NO4S. The SMILES string of the molecule is CCc1sc(C(=O)N2CC(C)(OCC(=O)O)C2)cc1C. The van der Waals surface area contributed by atoms with E-state index in [0.717, 1.165) is 16.9 Å². The Balaban J connectivity index is 1.94. The number of amides is 1. The largest absolute Gasteiger partial charge is 0.480 e. The maximum Gasteiger partial charge on any atom is 0.329 e. The summed E-state index contributed by atoms with van der Waals surface area (Å²) in [6, 6.07) is 1.93. The van der Waals surface area contributed by atoms with Crippen LogP contribution in [0.25, 0.3) is 0 Å². The number of carbonyl (C=O) groups is 2. The van der Waals surface area contributed by atoms with Crippen molar-refractivity contribution in [2.24, 2.45) is 0 Å². The van der Waals surface area contributed by atoms with E-state index < -0.39 is 11.6 Å². The van der Waals surface area contributed by atoms with Crippen LogP contribution in [-0.4, -0.2) is 47.2 Å². The summed E-state index contributed by atoms with van der Waals surface area (Å²) in [7, 11) is 0. The fraction of sp³-hybridized carbons (Fsp3) is 0.571. The lowest BCUT2D eigenvalue weighted by atomic mass is 9.96. The standard InChI is InChI=1S/C14H19NO4S/c1-4-10-9(2)5-11(20-10)13(18)15-7-14(3,8-15)19-6-12(16)17/h5H,4,6-8H2,1-3H3,(H,16,17). The number of ether oxygens (including phenoxy) is 1. The quantitative estimate of drug-likeness (QED) is 0.902. The van der Waals surface area contributed by atoms with E-state index in [-0.39, 0.29) is 12.5 Å². The molecule has 1 aliphatic heterocycles. The molecule has 1 fully saturated rings. The second-order valence-electron chi connectivity index (χ2n) is 5.36. The number of likely N-dealkylation sites (tertiary alicyclic amines) is 1. The van der Waals surface area contributed by atoms with Crippen LogP contribution < -0.4 is 0 Å². The molecule has 1 aromatic heterocycles. The van der Waals surface area contributed by atoms with Crippen molar-refractivity contribution in [3.05, 3.63) is 21.4 Å². The highest BCUT2D eigenvalue weighted by Crippen LogP contribution is 2.29. The number of rotatable bonds is 5. The first-order chi connectivity index (χ1) is 9.34. The van der Waals surface area contributed by atoms with Gasteiger partial charge in [0.05, 0.1) is 18.0 Å². The molecule has 0 radical (unpaired) electrons. The van der Waals surface area contributed by atoms with Gasteiger partial charge >= 0.3 is 5.97 Å². The van der Waals surface area contributed by atoms with E-state index in [0.29, 0.717) is 13.1 Å². The van der Waals surface area contributed by atoms with E-state index in [4.69, 9.17) is 9.84 Å². The number of aryl methyl sites for hydroxylation is 2. The average Bonchev–Trinajstić information content (AvgIpc) is 2.73. The molecule has 6 heteroatoms. The number of nitrogens with zero attached hydrogens (tertiary/aromatic N) is 1. The first-order valence-corrected chi connectivity index (χ1v) is 7.40. The van der Waals surface area contributed by atoms with Crippen molar-refractivity contribution in [1.82, 2.24) is 4.90 Å². The number of carboxylic acid groups (broad SMARTS) is 1. The molecule has 2 rings (SSSR count). The maximum atomic E-state index is 12.3. The molecule has 20 heavy (non-hydrogen) atoms. The van der Waals surface area contributed by atoms with E-state index in [1.165, 1.54) is 16.2 Å². The second-order valence-corrected chi connectivity index (χ2v) is 6.50. The zero-order valence-electron chi connectivity index (χ0n) is 11.9. The first kappa shape index (κ1) is 15.0. The molecule has 0 atom stereocenters. The van der Waals surface area contributed by atoms with E-state index in [1.807, 2.05) is 19.9 Å². The zero-order valence-corrected chi connectivity index (χ0v) is 12.7. The van der Waals surface area contributed by atoms with Gasteiger partial charge in [-0.2, -0.15) is 0 Å². The number of hydrogen-bond acceptors (Lipinski definition) is 4. The zero-order chi connectivity index (χ0) is 14.9. The Morgan fingerprint density at radius 3 is 2.65 bits per heavy atom. The van der Waals surface area contributed by atoms with Crippen molar-refractivity contribution >= 4 is 23.2 Å². The fourth-order valence-electron chi connectivity index (χ4n) is 2.36. The molecule has 1 aliphatic rings. The predicted octanol–water partition coefficient (Wildman–Crippen LogP) is 1.93. The number of thiophene rings is 1. The van der Waals surface area contributed by atoms with Gasteiger partial charge in [-0.15, -0.1) is 11.3 Å². The number of carboxylic acids is 1. The molecular weight excluding hydrogens is 278 g/mol. The molecule has 1 N–H and O–H groups in total. The van der Waals surface area contributed by atoms with E-state index in [2.05, 4.69) is 6.92 Å². The summed E-state index contributed by atoms with van der Waals surface area (Å²) in [5.74, 6) is -0.980. The highest BCUT2D eigenvalue weighted by molar-refractivity contribution is 7.14. The molecule has 0 unspecified atom stereocenters. The van der Waals surface area contributed by atoms with E-state index >= 15 is 0 Å². The minimum absolute atomic E-state index is 0.00852. The molecule has 1 saturated heterocycles. The number of carbonyl (C=O) groups excluding carboxylic acids is 1. The highest BCUT2D eigenvalue weighted by atomic mass is 32.1. The van der Waals surface area contributed by atoms with Crippen molar-refractivity contribution in [3.63, 3.8) is 0 Å². The van der Waals surface area contributed by atoms with Crippen LogP contribution >= 0.6 is 11.3 Å². The van der Waals surface area contributed by atoms with Crippen LogP contribution in [0.5, 0.6) is 0 Å². The van der Waals surface area contributed by atoms with Gasteiger partial charge in [-0.1, -0.05) is 6.92 Å². The van der Waals surface area contributed by atoms with Crippen LogP contribution in [0.3, 0.4) is 0 Å². The third-order valence-corrected chi connectivity index (χ3v) is 4.80. The summed E-state index contributed by atoms with van der Waals surface area (Å²) in [6.45, 7) is 6.48. The van der Waals surface area contributed by atoms with E-state index in [1.54, 1.807) is 4.90 Å². The molecule has 110 valence electrons. The highest BCUT2D eigenvalue weighted by Gasteiger charge is 2.43. The van der Waals surface area contributed by atoms with Crippen molar-refractivity contribution in [2.45, 2.75) is 32.8 Å². The molecule has 5 nitrogen and oxygen atoms in total. The third-order valence-electron chi connectivity index (χ3n) is 3.43. The smallest absolute Gasteiger partial charge is 0.329 e. The lowest BCUT2D eigenvalue weighted by Crippen LogP contribution is -2.63. The van der Waals surface area contributed by atoms with Crippen LogP contribution in [-0.2, 0) is 16.0 Å². The molecule has 0 bridgehead atoms. The molecule has 0 aromatic carbocycles. The first-order valence-electron chi connectivity index (χ1n) is 6.59. The fourth-order valence-corrected chi connectivity index (χ4v) is 3.45. The Morgan fingerprint density at radius 1 is 1.50 bits per heavy atom. The number of hydrogen-bond donors (Lipinski definition) is 1. The minimum atomic E-state index is -0.988. The number of aliphatic carboxylic acids is 1. The molecule has 0 spiro atoms. The summed E-state index contributed by atoms with van der Waals surface area (Å²) >= 11 is 1.54. The van der Waals surface area contributed by atoms with E-state index in [9.17, 15) is 9.59 Å². The molecule has 2 heterocycles. The Labute approximate surface area is 122 Å². The normalized spacial score (nSPS) is 16.9. The van der Waals surface area contributed by atoms with Crippen molar-refractivity contribution < 1.29 is 19.4 Å². The summed E-state index contributed by atoms with van der Waals surface area (Å²) in [5.41, 5.74) is 0.625. The van der Waals surface area contributed by atoms with Gasteiger partial charge in [-0.25, -0.2) is 4.79 Å². The molecule has 1 aromatic rings. The van der Waals surface area contributed by atoms with Crippen molar-refractivity contribution in [2.75, 3.05) is 19.7 Å². The monoisotopic (exact) mass is 297 g/mol. The van der Waals surface area contributed by atoms with Crippen LogP contribution in [0.15, 0.2) is 6.07 Å². The van der Waals surface area contributed by atoms with Gasteiger partial charge in [-0.3, -0.25) is 4.79 Å². The van der Waals surface area contributed by atoms with Crippen LogP contribution in [0.4, 0.5) is 0 Å². The summed E-state index contributed by atoms with van der Waals surface area (Å²) in [6.07, 6.45) is 0.934. The topological polar surface area (TPSA) is 66.8 Å². The van der Waals surface area contributed by atoms with Crippen molar-refractivity contribution in [1.29, 1.82) is 0 Å². The molecule has 0 saturated carbocycles. The van der Waals surface area contributed by atoms with Gasteiger partial charge in [0.25, 0.3) is 5.91 Å². The maximum absolute atomic E-state index is 12.3. The summed E-state index contributed by atoms with van der Waals surface area (Å²) in [4.78, 5) is 26.5. The Morgan fingerprint density at radius 2 is 2.15 bits per heavy atom. The minimum Gasteiger partial charge on any atom is -0.480 e. The Bertz CT molecular complexity index is 531. The van der Waals surface area contributed by atoms with Gasteiger partial charge < -0.3 is 14.7 Å². The Hall–Kier alpha value is -1.40.